The number of anilines is 3. The molecule has 4 N–H and O–H groups in total. The molecular formula is C30H36F4N8. The number of alkyl halides is 3. The van der Waals surface area contributed by atoms with Gasteiger partial charge in [0, 0.05) is 44.8 Å². The SMILES string of the molecule is CN1CCN(C2CCC(N3NC(c4ccc(NCc5ccc(C(F)(F)F)cc5)c(F)c4)c4c(N)ncnc43)CC2)CC1. The van der Waals surface area contributed by atoms with Gasteiger partial charge in [-0.3, -0.25) is 9.91 Å². The summed E-state index contributed by atoms with van der Waals surface area (Å²) in [7, 11) is 2.17. The first kappa shape index (κ1) is 28.6. The Morgan fingerprint density at radius 1 is 0.952 bits per heavy atom. The Morgan fingerprint density at radius 2 is 1.64 bits per heavy atom. The van der Waals surface area contributed by atoms with Gasteiger partial charge in [0.1, 0.15) is 18.0 Å². The van der Waals surface area contributed by atoms with E-state index in [-0.39, 0.29) is 18.3 Å². The van der Waals surface area contributed by atoms with Crippen molar-refractivity contribution in [1.29, 1.82) is 0 Å². The summed E-state index contributed by atoms with van der Waals surface area (Å²) in [5.74, 6) is 0.626. The minimum Gasteiger partial charge on any atom is -0.383 e. The van der Waals surface area contributed by atoms with E-state index in [1.807, 2.05) is 6.07 Å². The van der Waals surface area contributed by atoms with Crippen LogP contribution in [0, 0.1) is 5.82 Å². The summed E-state index contributed by atoms with van der Waals surface area (Å²) in [6.07, 6.45) is 1.33. The van der Waals surface area contributed by atoms with Crippen LogP contribution in [0.4, 0.5) is 34.9 Å². The topological polar surface area (TPSA) is 85.6 Å². The van der Waals surface area contributed by atoms with E-state index in [0.717, 1.165) is 75.4 Å². The maximum absolute atomic E-state index is 15.3. The van der Waals surface area contributed by atoms with Crippen molar-refractivity contribution in [3.05, 3.63) is 76.9 Å². The van der Waals surface area contributed by atoms with Gasteiger partial charge in [0.25, 0.3) is 0 Å². The molecule has 1 atom stereocenters. The van der Waals surface area contributed by atoms with Crippen molar-refractivity contribution >= 4 is 17.3 Å². The molecule has 1 aliphatic carbocycles. The summed E-state index contributed by atoms with van der Waals surface area (Å²) in [5, 5.41) is 5.09. The van der Waals surface area contributed by atoms with Gasteiger partial charge in [-0.15, -0.1) is 0 Å². The van der Waals surface area contributed by atoms with Gasteiger partial charge >= 0.3 is 6.18 Å². The van der Waals surface area contributed by atoms with Crippen LogP contribution < -0.4 is 21.5 Å². The number of nitrogen functional groups attached to an aromatic ring is 1. The van der Waals surface area contributed by atoms with E-state index in [9.17, 15) is 13.2 Å². The van der Waals surface area contributed by atoms with E-state index in [0.29, 0.717) is 23.0 Å². The van der Waals surface area contributed by atoms with Gasteiger partial charge < -0.3 is 16.0 Å². The average Bonchev–Trinajstić information content (AvgIpc) is 3.38. The lowest BCUT2D eigenvalue weighted by molar-refractivity contribution is -0.137. The summed E-state index contributed by atoms with van der Waals surface area (Å²) in [6, 6.07) is 10.2. The molecule has 2 aliphatic heterocycles. The van der Waals surface area contributed by atoms with Crippen LogP contribution in [0.15, 0.2) is 48.8 Å². The molecule has 1 aromatic heterocycles. The molecule has 2 aromatic carbocycles. The van der Waals surface area contributed by atoms with Crippen LogP contribution in [0.3, 0.4) is 0 Å². The lowest BCUT2D eigenvalue weighted by Gasteiger charge is -2.42. The van der Waals surface area contributed by atoms with Crippen LogP contribution >= 0.6 is 0 Å². The molecule has 0 amide bonds. The Labute approximate surface area is 242 Å². The standard InChI is InChI=1S/C30H36F4N8/c1-40-12-14-41(15-13-40)22-7-9-23(10-8-22)42-29-26(28(35)37-18-38-29)27(39-42)20-4-11-25(24(31)16-20)36-17-19-2-5-21(6-3-19)30(32,33)34/h2-6,11,16,18,22-23,27,36,39H,7-10,12-15,17H2,1H3,(H2,35,37,38). The van der Waals surface area contributed by atoms with E-state index in [2.05, 4.69) is 42.6 Å². The third kappa shape index (κ3) is 5.88. The number of nitrogens with zero attached hydrogens (tertiary/aromatic N) is 5. The minimum atomic E-state index is -4.39. The van der Waals surface area contributed by atoms with Crippen molar-refractivity contribution in [2.24, 2.45) is 0 Å². The Morgan fingerprint density at radius 3 is 2.31 bits per heavy atom. The maximum atomic E-state index is 15.3. The van der Waals surface area contributed by atoms with Crippen molar-refractivity contribution in [2.75, 3.05) is 49.3 Å². The Kier molecular flexibility index (Phi) is 7.95. The molecule has 0 spiro atoms. The number of fused-ring (bicyclic) bond motifs is 1. The molecule has 42 heavy (non-hydrogen) atoms. The number of benzene rings is 2. The predicted molar refractivity (Wildman–Crippen MR) is 154 cm³/mol. The van der Waals surface area contributed by atoms with Crippen LogP contribution in [0.2, 0.25) is 0 Å². The monoisotopic (exact) mass is 584 g/mol. The summed E-state index contributed by atoms with van der Waals surface area (Å²) in [5.41, 5.74) is 11.5. The highest BCUT2D eigenvalue weighted by atomic mass is 19.4. The molecule has 224 valence electrons. The number of hydrazine groups is 1. The molecule has 3 heterocycles. The first-order valence-corrected chi connectivity index (χ1v) is 14.4. The molecular weight excluding hydrogens is 548 g/mol. The van der Waals surface area contributed by atoms with E-state index >= 15 is 4.39 Å². The van der Waals surface area contributed by atoms with Crippen LogP contribution in [0.1, 0.15) is 54.0 Å². The molecule has 8 nitrogen and oxygen atoms in total. The molecule has 0 bridgehead atoms. The second-order valence-corrected chi connectivity index (χ2v) is 11.5. The normalized spacial score (nSPS) is 23.6. The second kappa shape index (κ2) is 11.7. The second-order valence-electron chi connectivity index (χ2n) is 11.5. The molecule has 1 saturated heterocycles. The minimum absolute atomic E-state index is 0.185. The van der Waals surface area contributed by atoms with Crippen LogP contribution in [-0.4, -0.2) is 65.1 Å². The van der Waals surface area contributed by atoms with Gasteiger partial charge in [0.05, 0.1) is 22.9 Å². The number of rotatable bonds is 6. The van der Waals surface area contributed by atoms with Gasteiger partial charge in [0.15, 0.2) is 5.82 Å². The first-order chi connectivity index (χ1) is 20.2. The Hall–Kier alpha value is -3.48. The average molecular weight is 585 g/mol. The number of hydrogen-bond acceptors (Lipinski definition) is 8. The fourth-order valence-electron chi connectivity index (χ4n) is 6.38. The van der Waals surface area contributed by atoms with Gasteiger partial charge in [-0.1, -0.05) is 18.2 Å². The summed E-state index contributed by atoms with van der Waals surface area (Å²) in [6.45, 7) is 4.63. The quantitative estimate of drug-likeness (QED) is 0.357. The molecule has 0 radical (unpaired) electrons. The molecule has 2 fully saturated rings. The number of hydrogen-bond donors (Lipinski definition) is 3. The summed E-state index contributed by atoms with van der Waals surface area (Å²) < 4.78 is 53.8. The smallest absolute Gasteiger partial charge is 0.383 e. The number of piperazine rings is 1. The number of aromatic nitrogens is 2. The summed E-state index contributed by atoms with van der Waals surface area (Å²) >= 11 is 0. The Balaban J connectivity index is 1.13. The number of halogens is 4. The zero-order valence-electron chi connectivity index (χ0n) is 23.5. The van der Waals surface area contributed by atoms with Crippen molar-refractivity contribution in [3.63, 3.8) is 0 Å². The fraction of sp³-hybridized carbons (Fsp3) is 0.467. The lowest BCUT2D eigenvalue weighted by atomic mass is 9.89. The van der Waals surface area contributed by atoms with Crippen molar-refractivity contribution in [3.8, 4) is 0 Å². The fourth-order valence-corrected chi connectivity index (χ4v) is 6.38. The zero-order valence-corrected chi connectivity index (χ0v) is 23.5. The van der Waals surface area contributed by atoms with E-state index in [4.69, 9.17) is 5.73 Å². The van der Waals surface area contributed by atoms with Crippen molar-refractivity contribution < 1.29 is 17.6 Å². The third-order valence-electron chi connectivity index (χ3n) is 8.86. The van der Waals surface area contributed by atoms with Crippen LogP contribution in [0.5, 0.6) is 0 Å². The Bertz CT molecular complexity index is 1380. The number of nitrogens with two attached hydrogens (primary N) is 1. The largest absolute Gasteiger partial charge is 0.416 e. The lowest BCUT2D eigenvalue weighted by Crippen LogP contribution is -2.52. The highest BCUT2D eigenvalue weighted by Gasteiger charge is 2.39. The highest BCUT2D eigenvalue weighted by molar-refractivity contribution is 5.65. The van der Waals surface area contributed by atoms with Gasteiger partial charge in [-0.25, -0.2) is 19.8 Å². The summed E-state index contributed by atoms with van der Waals surface area (Å²) in [4.78, 5) is 13.8. The molecule has 1 unspecified atom stereocenters. The van der Waals surface area contributed by atoms with Gasteiger partial charge in [-0.05, 0) is 68.1 Å². The van der Waals surface area contributed by atoms with E-state index < -0.39 is 23.6 Å². The molecule has 3 aliphatic rings. The van der Waals surface area contributed by atoms with Crippen molar-refractivity contribution in [2.45, 2.75) is 56.5 Å². The number of nitrogens with one attached hydrogen (secondary N) is 2. The van der Waals surface area contributed by atoms with Crippen LogP contribution in [0.25, 0.3) is 0 Å². The van der Waals surface area contributed by atoms with Gasteiger partial charge in [0.2, 0.25) is 0 Å². The maximum Gasteiger partial charge on any atom is 0.416 e. The molecule has 12 heteroatoms. The van der Waals surface area contributed by atoms with Crippen molar-refractivity contribution in [1.82, 2.24) is 25.2 Å². The molecule has 3 aromatic rings. The van der Waals surface area contributed by atoms with E-state index in [1.165, 1.54) is 24.5 Å². The first-order valence-electron chi connectivity index (χ1n) is 14.4. The number of likely N-dealkylation sites (N-methyl/N-ethyl adjacent to an activating group) is 1. The van der Waals surface area contributed by atoms with Crippen LogP contribution in [-0.2, 0) is 12.7 Å². The molecule has 1 saturated carbocycles. The van der Waals surface area contributed by atoms with E-state index in [1.54, 1.807) is 6.07 Å². The van der Waals surface area contributed by atoms with Gasteiger partial charge in [-0.2, -0.15) is 13.2 Å². The predicted octanol–water partition coefficient (Wildman–Crippen LogP) is 4.80. The molecule has 6 rings (SSSR count). The zero-order chi connectivity index (χ0) is 29.4. The third-order valence-corrected chi connectivity index (χ3v) is 8.86. The highest BCUT2D eigenvalue weighted by Crippen LogP contribution is 2.42.